The molecule has 0 aliphatic carbocycles. The van der Waals surface area contributed by atoms with E-state index >= 15 is 0 Å². The number of hydrogen-bond acceptors (Lipinski definition) is 4. The van der Waals surface area contributed by atoms with E-state index in [2.05, 4.69) is 10.3 Å². The van der Waals surface area contributed by atoms with Crippen molar-refractivity contribution in [2.45, 2.75) is 12.7 Å². The summed E-state index contributed by atoms with van der Waals surface area (Å²) in [5, 5.41) is 2.57. The molecule has 5 nitrogen and oxygen atoms in total. The van der Waals surface area contributed by atoms with Crippen LogP contribution in [0, 0.1) is 0 Å². The van der Waals surface area contributed by atoms with Crippen LogP contribution in [0.15, 0.2) is 36.5 Å². The summed E-state index contributed by atoms with van der Waals surface area (Å²) in [5.74, 6) is 0. The molecule has 25 heavy (non-hydrogen) atoms. The third-order valence-corrected chi connectivity index (χ3v) is 4.87. The van der Waals surface area contributed by atoms with Crippen LogP contribution in [0.3, 0.4) is 0 Å². The SMILES string of the molecule is CN(c1ccccc1CNc1cc(Cl)ncc1C(F)(F)F)S(C)(=O)=O. The van der Waals surface area contributed by atoms with Gasteiger partial charge in [0, 0.05) is 19.8 Å². The van der Waals surface area contributed by atoms with Crippen molar-refractivity contribution >= 4 is 33.0 Å². The predicted molar refractivity (Wildman–Crippen MR) is 91.3 cm³/mol. The van der Waals surface area contributed by atoms with Crippen LogP contribution in [-0.4, -0.2) is 26.7 Å². The first-order valence-electron chi connectivity index (χ1n) is 6.98. The maximum absolute atomic E-state index is 13.1. The van der Waals surface area contributed by atoms with Gasteiger partial charge in [0.15, 0.2) is 0 Å². The minimum absolute atomic E-state index is 0.0283. The van der Waals surface area contributed by atoms with Crippen LogP contribution in [0.1, 0.15) is 11.1 Å². The standard InChI is InChI=1S/C15H15ClF3N3O2S/c1-22(25(2,23)24)13-6-4-3-5-10(13)8-20-12-7-14(16)21-9-11(12)15(17,18)19/h3-7,9H,8H2,1-2H3,(H,20,21). The summed E-state index contributed by atoms with van der Waals surface area (Å²) < 4.78 is 63.7. The molecule has 0 bridgehead atoms. The molecule has 10 heteroatoms. The molecule has 0 spiro atoms. The van der Waals surface area contributed by atoms with Crippen LogP contribution >= 0.6 is 11.6 Å². The molecule has 0 saturated heterocycles. The van der Waals surface area contributed by atoms with E-state index in [1.54, 1.807) is 24.3 Å². The molecule has 0 fully saturated rings. The number of nitrogens with one attached hydrogen (secondary N) is 1. The Labute approximate surface area is 148 Å². The lowest BCUT2D eigenvalue weighted by atomic mass is 10.1. The Kier molecular flexibility index (Phi) is 5.48. The second kappa shape index (κ2) is 7.09. The zero-order valence-corrected chi connectivity index (χ0v) is 14.9. The zero-order valence-electron chi connectivity index (χ0n) is 13.3. The van der Waals surface area contributed by atoms with Crippen LogP contribution < -0.4 is 9.62 Å². The highest BCUT2D eigenvalue weighted by Crippen LogP contribution is 2.35. The third-order valence-electron chi connectivity index (χ3n) is 3.47. The first kappa shape index (κ1) is 19.3. The maximum atomic E-state index is 13.1. The largest absolute Gasteiger partial charge is 0.419 e. The molecular weight excluding hydrogens is 379 g/mol. The molecule has 0 aliphatic rings. The Morgan fingerprint density at radius 1 is 1.28 bits per heavy atom. The Hall–Kier alpha value is -2.00. The fourth-order valence-electron chi connectivity index (χ4n) is 2.14. The lowest BCUT2D eigenvalue weighted by molar-refractivity contribution is -0.137. The normalized spacial score (nSPS) is 12.1. The Bertz CT molecular complexity index is 873. The van der Waals surface area contributed by atoms with E-state index in [-0.39, 0.29) is 17.4 Å². The van der Waals surface area contributed by atoms with Gasteiger partial charge < -0.3 is 5.32 Å². The molecule has 1 aromatic carbocycles. The number of hydrogen-bond donors (Lipinski definition) is 1. The third kappa shape index (κ3) is 4.76. The number of rotatable bonds is 5. The van der Waals surface area contributed by atoms with E-state index in [1.165, 1.54) is 7.05 Å². The maximum Gasteiger partial charge on any atom is 0.419 e. The second-order valence-electron chi connectivity index (χ2n) is 5.26. The molecule has 2 aromatic rings. The van der Waals surface area contributed by atoms with Crippen molar-refractivity contribution in [1.82, 2.24) is 4.98 Å². The summed E-state index contributed by atoms with van der Waals surface area (Å²) in [4.78, 5) is 3.46. The fraction of sp³-hybridized carbons (Fsp3) is 0.267. The van der Waals surface area contributed by atoms with Gasteiger partial charge in [0.1, 0.15) is 5.15 Å². The summed E-state index contributed by atoms with van der Waals surface area (Å²) in [7, 11) is -2.13. The van der Waals surface area contributed by atoms with E-state index in [0.717, 1.165) is 16.6 Å². The van der Waals surface area contributed by atoms with Gasteiger partial charge in [-0.05, 0) is 17.7 Å². The zero-order chi connectivity index (χ0) is 18.8. The molecule has 0 saturated carbocycles. The minimum Gasteiger partial charge on any atom is -0.380 e. The van der Waals surface area contributed by atoms with Gasteiger partial charge in [0.2, 0.25) is 10.0 Å². The van der Waals surface area contributed by atoms with Gasteiger partial charge >= 0.3 is 6.18 Å². The van der Waals surface area contributed by atoms with Crippen LogP contribution in [-0.2, 0) is 22.7 Å². The molecule has 0 unspecified atom stereocenters. The van der Waals surface area contributed by atoms with E-state index in [1.807, 2.05) is 0 Å². The van der Waals surface area contributed by atoms with E-state index < -0.39 is 21.8 Å². The Balaban J connectivity index is 2.34. The van der Waals surface area contributed by atoms with E-state index in [4.69, 9.17) is 11.6 Å². The number of para-hydroxylation sites is 1. The lowest BCUT2D eigenvalue weighted by Gasteiger charge is -2.21. The minimum atomic E-state index is -4.59. The quantitative estimate of drug-likeness (QED) is 0.786. The van der Waals surface area contributed by atoms with Gasteiger partial charge in [-0.1, -0.05) is 29.8 Å². The summed E-state index contributed by atoms with van der Waals surface area (Å²) >= 11 is 5.68. The molecule has 2 rings (SSSR count). The molecule has 1 N–H and O–H groups in total. The van der Waals surface area contributed by atoms with Crippen molar-refractivity contribution in [3.05, 3.63) is 52.8 Å². The highest BCUT2D eigenvalue weighted by Gasteiger charge is 2.34. The first-order valence-corrected chi connectivity index (χ1v) is 9.21. The number of alkyl halides is 3. The van der Waals surface area contributed by atoms with E-state index in [0.29, 0.717) is 17.4 Å². The van der Waals surface area contributed by atoms with Gasteiger partial charge in [-0.25, -0.2) is 13.4 Å². The number of nitrogens with zero attached hydrogens (tertiary/aromatic N) is 2. The van der Waals surface area contributed by atoms with Crippen molar-refractivity contribution in [2.75, 3.05) is 22.9 Å². The highest BCUT2D eigenvalue weighted by molar-refractivity contribution is 7.92. The van der Waals surface area contributed by atoms with Gasteiger partial charge in [0.25, 0.3) is 0 Å². The molecule has 1 aromatic heterocycles. The van der Waals surface area contributed by atoms with Gasteiger partial charge in [-0.2, -0.15) is 13.2 Å². The number of benzene rings is 1. The highest BCUT2D eigenvalue weighted by atomic mass is 35.5. The van der Waals surface area contributed by atoms with Gasteiger partial charge in [-0.3, -0.25) is 4.31 Å². The van der Waals surface area contributed by atoms with Crippen LogP contribution in [0.2, 0.25) is 5.15 Å². The Morgan fingerprint density at radius 3 is 2.52 bits per heavy atom. The predicted octanol–water partition coefficient (Wildman–Crippen LogP) is 3.76. The second-order valence-corrected chi connectivity index (χ2v) is 7.66. The fourth-order valence-corrected chi connectivity index (χ4v) is 2.83. The summed E-state index contributed by atoms with van der Waals surface area (Å²) in [6.45, 7) is -0.0283. The molecule has 1 heterocycles. The van der Waals surface area contributed by atoms with Crippen LogP contribution in [0.5, 0.6) is 0 Å². The first-order chi connectivity index (χ1) is 11.5. The summed E-state index contributed by atoms with van der Waals surface area (Å²) in [6, 6.07) is 7.58. The summed E-state index contributed by atoms with van der Waals surface area (Å²) in [6.07, 6.45) is -2.90. The Morgan fingerprint density at radius 2 is 1.92 bits per heavy atom. The number of anilines is 2. The van der Waals surface area contributed by atoms with Crippen molar-refractivity contribution in [3.63, 3.8) is 0 Å². The smallest absolute Gasteiger partial charge is 0.380 e. The lowest BCUT2D eigenvalue weighted by Crippen LogP contribution is -2.26. The average Bonchev–Trinajstić information content (AvgIpc) is 2.50. The molecule has 0 atom stereocenters. The molecular formula is C15H15ClF3N3O2S. The number of pyridine rings is 1. The molecule has 136 valence electrons. The van der Waals surface area contributed by atoms with Gasteiger partial charge in [0.05, 0.1) is 23.2 Å². The number of aromatic nitrogens is 1. The van der Waals surface area contributed by atoms with E-state index in [9.17, 15) is 21.6 Å². The van der Waals surface area contributed by atoms with Gasteiger partial charge in [-0.15, -0.1) is 0 Å². The van der Waals surface area contributed by atoms with Crippen LogP contribution in [0.25, 0.3) is 0 Å². The number of halogens is 4. The number of sulfonamides is 1. The van der Waals surface area contributed by atoms with Crippen molar-refractivity contribution in [3.8, 4) is 0 Å². The molecule has 0 amide bonds. The van der Waals surface area contributed by atoms with Crippen LogP contribution in [0.4, 0.5) is 24.5 Å². The van der Waals surface area contributed by atoms with Crippen molar-refractivity contribution in [2.24, 2.45) is 0 Å². The average molecular weight is 394 g/mol. The monoisotopic (exact) mass is 393 g/mol. The molecule has 0 aliphatic heterocycles. The molecule has 0 radical (unpaired) electrons. The van der Waals surface area contributed by atoms with Crippen molar-refractivity contribution in [1.29, 1.82) is 0 Å². The topological polar surface area (TPSA) is 62.3 Å². The van der Waals surface area contributed by atoms with Crippen molar-refractivity contribution < 1.29 is 21.6 Å². The summed E-state index contributed by atoms with van der Waals surface area (Å²) in [5.41, 5.74) is -0.308.